The molecule has 72 valence electrons. The molecule has 0 saturated carbocycles. The van der Waals surface area contributed by atoms with Gasteiger partial charge in [0.05, 0.1) is 12.6 Å². The fourth-order valence-electron chi connectivity index (χ4n) is 2.06. The van der Waals surface area contributed by atoms with Crippen LogP contribution in [0.3, 0.4) is 0 Å². The Kier molecular flexibility index (Phi) is 2.14. The monoisotopic (exact) mass is 181 g/mol. The third kappa shape index (κ3) is 1.28. The summed E-state index contributed by atoms with van der Waals surface area (Å²) in [6.45, 7) is 2.39. The minimum absolute atomic E-state index is 0.340. The number of furan rings is 1. The predicted molar refractivity (Wildman–Crippen MR) is 49.2 cm³/mol. The normalized spacial score (nSPS) is 21.6. The molecular formula is C10H15NO2. The Labute approximate surface area is 77.5 Å². The molecule has 0 amide bonds. The van der Waals surface area contributed by atoms with Gasteiger partial charge in [-0.2, -0.15) is 0 Å². The van der Waals surface area contributed by atoms with Gasteiger partial charge >= 0.3 is 0 Å². The summed E-state index contributed by atoms with van der Waals surface area (Å²) in [5.74, 6) is 1.77. The molecule has 0 aliphatic heterocycles. The van der Waals surface area contributed by atoms with E-state index in [2.05, 4.69) is 0 Å². The molecule has 0 fully saturated rings. The summed E-state index contributed by atoms with van der Waals surface area (Å²) in [5, 5.41) is 9.75. The zero-order chi connectivity index (χ0) is 9.42. The highest BCUT2D eigenvalue weighted by molar-refractivity contribution is 5.35. The van der Waals surface area contributed by atoms with E-state index in [1.54, 1.807) is 0 Å². The largest absolute Gasteiger partial charge is 0.464 e. The lowest BCUT2D eigenvalue weighted by atomic mass is 9.92. The van der Waals surface area contributed by atoms with Gasteiger partial charge in [0.2, 0.25) is 0 Å². The van der Waals surface area contributed by atoms with Gasteiger partial charge in [-0.25, -0.2) is 0 Å². The van der Waals surface area contributed by atoms with E-state index < -0.39 is 0 Å². The van der Waals surface area contributed by atoms with Crippen molar-refractivity contribution in [3.05, 3.63) is 22.6 Å². The number of fused-ring (bicyclic) bond motifs is 1. The van der Waals surface area contributed by atoms with Gasteiger partial charge in [-0.3, -0.25) is 0 Å². The van der Waals surface area contributed by atoms with Gasteiger partial charge in [0.15, 0.2) is 0 Å². The molecule has 1 aromatic heterocycles. The van der Waals surface area contributed by atoms with Gasteiger partial charge in [0.25, 0.3) is 0 Å². The zero-order valence-electron chi connectivity index (χ0n) is 7.84. The van der Waals surface area contributed by atoms with Crippen molar-refractivity contribution in [3.8, 4) is 0 Å². The molecule has 0 saturated heterocycles. The van der Waals surface area contributed by atoms with Crippen LogP contribution in [0.15, 0.2) is 4.42 Å². The number of hydrogen-bond donors (Lipinski definition) is 2. The van der Waals surface area contributed by atoms with Gasteiger partial charge in [-0.05, 0) is 25.3 Å². The van der Waals surface area contributed by atoms with Crippen LogP contribution in [0, 0.1) is 6.92 Å². The molecule has 0 aromatic carbocycles. The molecule has 1 heterocycles. The van der Waals surface area contributed by atoms with Gasteiger partial charge in [-0.1, -0.05) is 0 Å². The summed E-state index contributed by atoms with van der Waals surface area (Å²) in [7, 11) is 0. The first-order chi connectivity index (χ1) is 6.24. The Balaban J connectivity index is 2.49. The van der Waals surface area contributed by atoms with Crippen molar-refractivity contribution in [2.24, 2.45) is 5.73 Å². The standard InChI is InChI=1S/C10H15NO2/c1-6-9(5-11)13-8-4-2-3-7(12)10(6)8/h7,12H,2-5,11H2,1H3. The van der Waals surface area contributed by atoms with Crippen LogP contribution in [0.5, 0.6) is 0 Å². The Morgan fingerprint density at radius 3 is 3.00 bits per heavy atom. The van der Waals surface area contributed by atoms with Crippen molar-refractivity contribution in [1.29, 1.82) is 0 Å². The average Bonchev–Trinajstić information content (AvgIpc) is 2.44. The Morgan fingerprint density at radius 1 is 1.62 bits per heavy atom. The van der Waals surface area contributed by atoms with Crippen LogP contribution in [0.2, 0.25) is 0 Å². The van der Waals surface area contributed by atoms with Crippen molar-refractivity contribution in [3.63, 3.8) is 0 Å². The molecule has 1 unspecified atom stereocenters. The summed E-state index contributed by atoms with van der Waals surface area (Å²) in [6.07, 6.45) is 2.45. The van der Waals surface area contributed by atoms with Crippen LogP contribution in [-0.4, -0.2) is 5.11 Å². The highest BCUT2D eigenvalue weighted by Crippen LogP contribution is 2.35. The lowest BCUT2D eigenvalue weighted by Crippen LogP contribution is -2.07. The van der Waals surface area contributed by atoms with E-state index in [1.165, 1.54) is 0 Å². The maximum Gasteiger partial charge on any atom is 0.121 e. The first-order valence-electron chi connectivity index (χ1n) is 4.73. The molecule has 0 spiro atoms. The van der Waals surface area contributed by atoms with E-state index in [0.717, 1.165) is 41.9 Å². The second kappa shape index (κ2) is 3.16. The second-order valence-corrected chi connectivity index (χ2v) is 3.60. The third-order valence-corrected chi connectivity index (χ3v) is 2.77. The van der Waals surface area contributed by atoms with E-state index in [-0.39, 0.29) is 6.10 Å². The van der Waals surface area contributed by atoms with Crippen LogP contribution in [0.1, 0.15) is 41.6 Å². The van der Waals surface area contributed by atoms with E-state index >= 15 is 0 Å². The molecule has 13 heavy (non-hydrogen) atoms. The van der Waals surface area contributed by atoms with Gasteiger partial charge in [-0.15, -0.1) is 0 Å². The molecular weight excluding hydrogens is 166 g/mol. The lowest BCUT2D eigenvalue weighted by Gasteiger charge is -2.16. The molecule has 0 bridgehead atoms. The average molecular weight is 181 g/mol. The second-order valence-electron chi connectivity index (χ2n) is 3.60. The molecule has 2 rings (SSSR count). The molecule has 1 aliphatic rings. The van der Waals surface area contributed by atoms with Gasteiger partial charge in [0, 0.05) is 12.0 Å². The fraction of sp³-hybridized carbons (Fsp3) is 0.600. The SMILES string of the molecule is Cc1c(CN)oc2c1C(O)CCC2. The number of aliphatic hydroxyl groups is 1. The number of nitrogens with two attached hydrogens (primary N) is 1. The molecule has 3 nitrogen and oxygen atoms in total. The van der Waals surface area contributed by atoms with Gasteiger partial charge in [0.1, 0.15) is 11.5 Å². The third-order valence-electron chi connectivity index (χ3n) is 2.77. The van der Waals surface area contributed by atoms with Crippen molar-refractivity contribution < 1.29 is 9.52 Å². The minimum atomic E-state index is -0.340. The smallest absolute Gasteiger partial charge is 0.121 e. The van der Waals surface area contributed by atoms with Gasteiger partial charge < -0.3 is 15.3 Å². The summed E-state index contributed by atoms with van der Waals surface area (Å²) < 4.78 is 5.57. The predicted octanol–water partition coefficient (Wildman–Crippen LogP) is 1.42. The maximum absolute atomic E-state index is 9.75. The van der Waals surface area contributed by atoms with Crippen LogP contribution in [-0.2, 0) is 13.0 Å². The Morgan fingerprint density at radius 2 is 2.38 bits per heavy atom. The van der Waals surface area contributed by atoms with Crippen LogP contribution >= 0.6 is 0 Å². The van der Waals surface area contributed by atoms with Crippen molar-refractivity contribution >= 4 is 0 Å². The number of hydrogen-bond acceptors (Lipinski definition) is 3. The number of aryl methyl sites for hydroxylation is 1. The molecule has 1 aromatic rings. The molecule has 0 radical (unpaired) electrons. The Hall–Kier alpha value is -0.800. The highest BCUT2D eigenvalue weighted by atomic mass is 16.3. The maximum atomic E-state index is 9.75. The Bertz CT molecular complexity index is 317. The zero-order valence-corrected chi connectivity index (χ0v) is 7.84. The first kappa shape index (κ1) is 8.78. The van der Waals surface area contributed by atoms with Crippen molar-refractivity contribution in [2.75, 3.05) is 0 Å². The van der Waals surface area contributed by atoms with E-state index in [1.807, 2.05) is 6.92 Å². The topological polar surface area (TPSA) is 59.4 Å². The number of aliphatic hydroxyl groups excluding tert-OH is 1. The van der Waals surface area contributed by atoms with E-state index in [9.17, 15) is 5.11 Å². The highest BCUT2D eigenvalue weighted by Gasteiger charge is 2.25. The summed E-state index contributed by atoms with van der Waals surface area (Å²) in [4.78, 5) is 0. The molecule has 1 aliphatic carbocycles. The van der Waals surface area contributed by atoms with Crippen LogP contribution in [0.25, 0.3) is 0 Å². The van der Waals surface area contributed by atoms with E-state index in [0.29, 0.717) is 6.54 Å². The quantitative estimate of drug-likeness (QED) is 0.688. The molecule has 1 atom stereocenters. The minimum Gasteiger partial charge on any atom is -0.464 e. The summed E-state index contributed by atoms with van der Waals surface area (Å²) >= 11 is 0. The lowest BCUT2D eigenvalue weighted by molar-refractivity contribution is 0.152. The fourth-order valence-corrected chi connectivity index (χ4v) is 2.06. The van der Waals surface area contributed by atoms with Crippen molar-refractivity contribution in [2.45, 2.75) is 38.8 Å². The molecule has 3 N–H and O–H groups in total. The van der Waals surface area contributed by atoms with Crippen molar-refractivity contribution in [1.82, 2.24) is 0 Å². The summed E-state index contributed by atoms with van der Waals surface area (Å²) in [6, 6.07) is 0. The van der Waals surface area contributed by atoms with E-state index in [4.69, 9.17) is 10.2 Å². The summed E-state index contributed by atoms with van der Waals surface area (Å²) in [5.41, 5.74) is 7.57. The van der Waals surface area contributed by atoms with Crippen LogP contribution in [0.4, 0.5) is 0 Å². The first-order valence-corrected chi connectivity index (χ1v) is 4.73. The molecule has 3 heteroatoms. The number of rotatable bonds is 1. The van der Waals surface area contributed by atoms with Crippen LogP contribution < -0.4 is 5.73 Å².